The molecule has 2 atom stereocenters. The van der Waals surface area contributed by atoms with Crippen molar-refractivity contribution in [1.29, 1.82) is 0 Å². The molecule has 1 aromatic heterocycles. The van der Waals surface area contributed by atoms with Gasteiger partial charge in [-0.05, 0) is 51.3 Å². The number of nitrogens with one attached hydrogen (secondary N) is 1. The molecule has 1 fully saturated rings. The van der Waals surface area contributed by atoms with Crippen molar-refractivity contribution in [2.75, 3.05) is 19.8 Å². The lowest BCUT2D eigenvalue weighted by Crippen LogP contribution is -2.46. The Bertz CT molecular complexity index is 417. The Labute approximate surface area is 121 Å². The Morgan fingerprint density at radius 1 is 1.40 bits per heavy atom. The summed E-state index contributed by atoms with van der Waals surface area (Å²) in [5, 5.41) is 3.56. The molecule has 0 aliphatic carbocycles. The lowest BCUT2D eigenvalue weighted by molar-refractivity contribution is -0.0896. The SMILES string of the molecule is CCNC(c1cncc(OCC)c1)C1(C)CCCCO1. The molecule has 1 aromatic rings. The van der Waals surface area contributed by atoms with Gasteiger partial charge in [0, 0.05) is 12.8 Å². The predicted molar refractivity (Wildman–Crippen MR) is 80.0 cm³/mol. The number of likely N-dealkylation sites (N-methyl/N-ethyl adjacent to an activating group) is 1. The third-order valence-corrected chi connectivity index (χ3v) is 3.90. The summed E-state index contributed by atoms with van der Waals surface area (Å²) in [5.74, 6) is 0.826. The van der Waals surface area contributed by atoms with E-state index in [0.29, 0.717) is 6.61 Å². The van der Waals surface area contributed by atoms with E-state index in [1.165, 1.54) is 6.42 Å². The molecule has 20 heavy (non-hydrogen) atoms. The van der Waals surface area contributed by atoms with Gasteiger partial charge in [-0.3, -0.25) is 4.98 Å². The van der Waals surface area contributed by atoms with Crippen molar-refractivity contribution in [3.63, 3.8) is 0 Å². The van der Waals surface area contributed by atoms with Gasteiger partial charge < -0.3 is 14.8 Å². The molecule has 4 heteroatoms. The molecule has 0 radical (unpaired) electrons. The third kappa shape index (κ3) is 3.49. The second kappa shape index (κ2) is 7.04. The van der Waals surface area contributed by atoms with Gasteiger partial charge in [0.1, 0.15) is 5.75 Å². The van der Waals surface area contributed by atoms with Crippen LogP contribution in [0.5, 0.6) is 5.75 Å². The summed E-state index contributed by atoms with van der Waals surface area (Å²) in [6, 6.07) is 2.23. The molecule has 1 N–H and O–H groups in total. The zero-order valence-corrected chi connectivity index (χ0v) is 12.8. The molecule has 112 valence electrons. The highest BCUT2D eigenvalue weighted by Crippen LogP contribution is 2.37. The summed E-state index contributed by atoms with van der Waals surface area (Å²) in [4.78, 5) is 4.31. The Morgan fingerprint density at radius 2 is 2.25 bits per heavy atom. The van der Waals surface area contributed by atoms with Gasteiger partial charge in [0.05, 0.1) is 24.4 Å². The molecule has 0 spiro atoms. The molecule has 2 unspecified atom stereocenters. The fraction of sp³-hybridized carbons (Fsp3) is 0.688. The highest BCUT2D eigenvalue weighted by atomic mass is 16.5. The zero-order chi connectivity index (χ0) is 14.4. The van der Waals surface area contributed by atoms with Gasteiger partial charge in [-0.25, -0.2) is 0 Å². The maximum atomic E-state index is 6.10. The number of pyridine rings is 1. The standard InChI is InChI=1S/C16H26N2O2/c1-4-18-15(16(3)8-6-7-9-20-16)13-10-14(19-5-2)12-17-11-13/h10-12,15,18H,4-9H2,1-3H3. The van der Waals surface area contributed by atoms with E-state index in [0.717, 1.165) is 37.3 Å². The maximum absolute atomic E-state index is 6.10. The van der Waals surface area contributed by atoms with Crippen molar-refractivity contribution in [3.05, 3.63) is 24.0 Å². The molecular weight excluding hydrogens is 252 g/mol. The van der Waals surface area contributed by atoms with Gasteiger partial charge in [0.25, 0.3) is 0 Å². The Balaban J connectivity index is 2.25. The van der Waals surface area contributed by atoms with E-state index in [2.05, 4.69) is 30.2 Å². The van der Waals surface area contributed by atoms with E-state index in [1.807, 2.05) is 13.1 Å². The second-order valence-corrected chi connectivity index (χ2v) is 5.50. The van der Waals surface area contributed by atoms with Crippen LogP contribution in [-0.2, 0) is 4.74 Å². The maximum Gasteiger partial charge on any atom is 0.137 e. The summed E-state index contributed by atoms with van der Waals surface area (Å²) in [7, 11) is 0. The molecule has 4 nitrogen and oxygen atoms in total. The summed E-state index contributed by atoms with van der Waals surface area (Å²) in [6.45, 7) is 8.72. The molecule has 2 rings (SSSR count). The minimum absolute atomic E-state index is 0.153. The number of hydrogen-bond donors (Lipinski definition) is 1. The van der Waals surface area contributed by atoms with Gasteiger partial charge in [0.2, 0.25) is 0 Å². The summed E-state index contributed by atoms with van der Waals surface area (Å²) in [6.07, 6.45) is 7.13. The Morgan fingerprint density at radius 3 is 2.90 bits per heavy atom. The van der Waals surface area contributed by atoms with Crippen LogP contribution in [0.25, 0.3) is 0 Å². The summed E-state index contributed by atoms with van der Waals surface area (Å²) >= 11 is 0. The largest absolute Gasteiger partial charge is 0.492 e. The number of nitrogens with zero attached hydrogens (tertiary/aromatic N) is 1. The van der Waals surface area contributed by atoms with Crippen LogP contribution < -0.4 is 10.1 Å². The van der Waals surface area contributed by atoms with Crippen LogP contribution in [0.3, 0.4) is 0 Å². The van der Waals surface area contributed by atoms with Crippen molar-refractivity contribution >= 4 is 0 Å². The van der Waals surface area contributed by atoms with Crippen molar-refractivity contribution in [2.24, 2.45) is 0 Å². The first-order chi connectivity index (χ1) is 9.69. The van der Waals surface area contributed by atoms with E-state index in [-0.39, 0.29) is 11.6 Å². The molecular formula is C16H26N2O2. The molecule has 1 aliphatic heterocycles. The van der Waals surface area contributed by atoms with Crippen molar-refractivity contribution in [1.82, 2.24) is 10.3 Å². The topological polar surface area (TPSA) is 43.4 Å². The van der Waals surface area contributed by atoms with E-state index in [9.17, 15) is 0 Å². The van der Waals surface area contributed by atoms with Crippen LogP contribution in [0.15, 0.2) is 18.5 Å². The van der Waals surface area contributed by atoms with E-state index < -0.39 is 0 Å². The Hall–Kier alpha value is -1.13. The molecule has 1 saturated heterocycles. The predicted octanol–water partition coefficient (Wildman–Crippen LogP) is 3.09. The smallest absolute Gasteiger partial charge is 0.137 e. The van der Waals surface area contributed by atoms with E-state index in [1.54, 1.807) is 6.20 Å². The van der Waals surface area contributed by atoms with Gasteiger partial charge in [0.15, 0.2) is 0 Å². The first-order valence-corrected chi connectivity index (χ1v) is 7.64. The average Bonchev–Trinajstić information content (AvgIpc) is 2.46. The second-order valence-electron chi connectivity index (χ2n) is 5.50. The van der Waals surface area contributed by atoms with Crippen LogP contribution in [-0.4, -0.2) is 30.3 Å². The number of hydrogen-bond acceptors (Lipinski definition) is 4. The van der Waals surface area contributed by atoms with Crippen LogP contribution in [0.1, 0.15) is 51.6 Å². The van der Waals surface area contributed by atoms with Gasteiger partial charge >= 0.3 is 0 Å². The summed E-state index contributed by atoms with van der Waals surface area (Å²) < 4.78 is 11.7. The normalized spacial score (nSPS) is 24.4. The van der Waals surface area contributed by atoms with Gasteiger partial charge in [-0.15, -0.1) is 0 Å². The summed E-state index contributed by atoms with van der Waals surface area (Å²) in [5.41, 5.74) is 0.975. The van der Waals surface area contributed by atoms with E-state index >= 15 is 0 Å². The van der Waals surface area contributed by atoms with E-state index in [4.69, 9.17) is 9.47 Å². The number of rotatable bonds is 6. The molecule has 0 amide bonds. The van der Waals surface area contributed by atoms with Crippen LogP contribution in [0.2, 0.25) is 0 Å². The lowest BCUT2D eigenvalue weighted by atomic mass is 9.84. The average molecular weight is 278 g/mol. The lowest BCUT2D eigenvalue weighted by Gasteiger charge is -2.41. The fourth-order valence-electron chi connectivity index (χ4n) is 2.91. The monoisotopic (exact) mass is 278 g/mol. The van der Waals surface area contributed by atoms with Crippen LogP contribution in [0.4, 0.5) is 0 Å². The fourth-order valence-corrected chi connectivity index (χ4v) is 2.91. The van der Waals surface area contributed by atoms with Crippen LogP contribution >= 0.6 is 0 Å². The molecule has 2 heterocycles. The van der Waals surface area contributed by atoms with Gasteiger partial charge in [-0.2, -0.15) is 0 Å². The van der Waals surface area contributed by atoms with Gasteiger partial charge in [-0.1, -0.05) is 6.92 Å². The molecule has 1 aliphatic rings. The molecule has 0 bridgehead atoms. The first-order valence-electron chi connectivity index (χ1n) is 7.64. The minimum Gasteiger partial charge on any atom is -0.492 e. The van der Waals surface area contributed by atoms with Crippen LogP contribution in [0, 0.1) is 0 Å². The van der Waals surface area contributed by atoms with Crippen molar-refractivity contribution < 1.29 is 9.47 Å². The number of aromatic nitrogens is 1. The first kappa shape index (κ1) is 15.3. The number of ether oxygens (including phenoxy) is 2. The minimum atomic E-state index is -0.166. The molecule has 0 saturated carbocycles. The zero-order valence-electron chi connectivity index (χ0n) is 12.8. The Kier molecular flexibility index (Phi) is 5.38. The quantitative estimate of drug-likeness (QED) is 0.868. The highest BCUT2D eigenvalue weighted by molar-refractivity contribution is 5.28. The van der Waals surface area contributed by atoms with Crippen molar-refractivity contribution in [3.8, 4) is 5.75 Å². The highest BCUT2D eigenvalue weighted by Gasteiger charge is 2.37. The molecule has 0 aromatic carbocycles. The van der Waals surface area contributed by atoms with Crippen molar-refractivity contribution in [2.45, 2.75) is 51.7 Å². The third-order valence-electron chi connectivity index (χ3n) is 3.90.